The zero-order valence-corrected chi connectivity index (χ0v) is 13.9. The number of rotatable bonds is 5. The molecule has 2 aromatic carbocycles. The molecule has 0 fully saturated rings. The normalized spacial score (nSPS) is 10.2. The van der Waals surface area contributed by atoms with Crippen molar-refractivity contribution in [3.05, 3.63) is 66.4 Å². The van der Waals surface area contributed by atoms with Crippen molar-refractivity contribution in [2.75, 3.05) is 7.11 Å². The van der Waals surface area contributed by atoms with Crippen LogP contribution >= 0.6 is 0 Å². The second-order valence-corrected chi connectivity index (χ2v) is 5.17. The number of imidazole rings is 1. The molecule has 0 aliphatic rings. The molecule has 1 aromatic heterocycles. The average Bonchev–Trinajstić information content (AvgIpc) is 2.98. The van der Waals surface area contributed by atoms with Gasteiger partial charge in [-0.1, -0.05) is 0 Å². The fraction of sp³-hybridized carbons (Fsp3) is 0.111. The van der Waals surface area contributed by atoms with Crippen molar-refractivity contribution in [2.24, 2.45) is 0 Å². The van der Waals surface area contributed by atoms with Gasteiger partial charge < -0.3 is 19.2 Å². The standard InChI is InChI=1S/C18H15FN2O3.Li/c1-24-15-8-2-12(3-9-15)16-11-21(17(20-16)10-18(22)23)14-6-4-13(19)5-7-14;/h2-9,11H,10H2,1H3,(H,22,23);/q;+1/p-1. The van der Waals surface area contributed by atoms with E-state index >= 15 is 0 Å². The molecule has 0 spiro atoms. The van der Waals surface area contributed by atoms with Crippen molar-refractivity contribution >= 4 is 5.97 Å². The minimum absolute atomic E-state index is 0. The van der Waals surface area contributed by atoms with Gasteiger partial charge in [0.15, 0.2) is 0 Å². The van der Waals surface area contributed by atoms with Gasteiger partial charge in [0.05, 0.1) is 12.8 Å². The van der Waals surface area contributed by atoms with E-state index in [4.69, 9.17) is 4.74 Å². The number of methoxy groups -OCH3 is 1. The third-order valence-electron chi connectivity index (χ3n) is 3.57. The maximum absolute atomic E-state index is 13.1. The number of carboxylic acids is 1. The fourth-order valence-corrected chi connectivity index (χ4v) is 2.40. The zero-order chi connectivity index (χ0) is 17.1. The summed E-state index contributed by atoms with van der Waals surface area (Å²) in [6.07, 6.45) is 1.38. The van der Waals surface area contributed by atoms with Crippen LogP contribution in [0.2, 0.25) is 0 Å². The van der Waals surface area contributed by atoms with Crippen molar-refractivity contribution < 1.29 is 37.9 Å². The molecule has 3 aromatic rings. The Morgan fingerprint density at radius 2 is 1.80 bits per heavy atom. The zero-order valence-electron chi connectivity index (χ0n) is 13.9. The number of aliphatic carboxylic acids is 1. The van der Waals surface area contributed by atoms with E-state index in [9.17, 15) is 14.3 Å². The van der Waals surface area contributed by atoms with Crippen molar-refractivity contribution in [3.8, 4) is 22.7 Å². The minimum atomic E-state index is -1.23. The number of benzene rings is 2. The Morgan fingerprint density at radius 3 is 2.36 bits per heavy atom. The Hall–Kier alpha value is -2.55. The number of aromatic nitrogens is 2. The summed E-state index contributed by atoms with van der Waals surface area (Å²) in [4.78, 5) is 15.4. The van der Waals surface area contributed by atoms with E-state index in [0.29, 0.717) is 23.0 Å². The molecule has 0 bridgehead atoms. The molecule has 0 aliphatic carbocycles. The smallest absolute Gasteiger partial charge is 0.550 e. The van der Waals surface area contributed by atoms with Gasteiger partial charge in [0, 0.05) is 29.8 Å². The first-order valence-electron chi connectivity index (χ1n) is 7.25. The third-order valence-corrected chi connectivity index (χ3v) is 3.57. The van der Waals surface area contributed by atoms with Gasteiger partial charge in [0.2, 0.25) is 0 Å². The number of hydrogen-bond donors (Lipinski definition) is 0. The van der Waals surface area contributed by atoms with E-state index in [-0.39, 0.29) is 31.1 Å². The molecule has 0 saturated heterocycles. The van der Waals surface area contributed by atoms with Crippen LogP contribution < -0.4 is 28.7 Å². The molecule has 3 rings (SSSR count). The van der Waals surface area contributed by atoms with Gasteiger partial charge in [0.25, 0.3) is 0 Å². The maximum Gasteiger partial charge on any atom is 1.00 e. The predicted octanol–water partition coefficient (Wildman–Crippen LogP) is -1.02. The first kappa shape index (κ1) is 18.8. The molecule has 7 heteroatoms. The van der Waals surface area contributed by atoms with Crippen molar-refractivity contribution in [3.63, 3.8) is 0 Å². The van der Waals surface area contributed by atoms with Gasteiger partial charge in [-0.05, 0) is 48.5 Å². The Labute approximate surface area is 156 Å². The van der Waals surface area contributed by atoms with E-state index in [1.54, 1.807) is 42.1 Å². The van der Waals surface area contributed by atoms with Crippen molar-refractivity contribution in [2.45, 2.75) is 6.42 Å². The third kappa shape index (κ3) is 4.30. The number of hydrogen-bond acceptors (Lipinski definition) is 4. The Balaban J connectivity index is 0.00000225. The second kappa shape index (κ2) is 8.02. The van der Waals surface area contributed by atoms with Crippen molar-refractivity contribution in [1.82, 2.24) is 9.55 Å². The number of ether oxygens (including phenoxy) is 1. The van der Waals surface area contributed by atoms with E-state index < -0.39 is 5.97 Å². The van der Waals surface area contributed by atoms with Crippen LogP contribution in [-0.2, 0) is 11.2 Å². The second-order valence-electron chi connectivity index (χ2n) is 5.17. The summed E-state index contributed by atoms with van der Waals surface area (Å²) in [5.74, 6) is -0.569. The van der Waals surface area contributed by atoms with Crippen LogP contribution in [0, 0.1) is 5.82 Å². The SMILES string of the molecule is COc1ccc(-c2cn(-c3ccc(F)cc3)c(CC(=O)[O-])n2)cc1.[Li+]. The van der Waals surface area contributed by atoms with Crippen LogP contribution in [0.4, 0.5) is 4.39 Å². The summed E-state index contributed by atoms with van der Waals surface area (Å²) in [6.45, 7) is 0. The molecule has 1 heterocycles. The molecule has 0 N–H and O–H groups in total. The van der Waals surface area contributed by atoms with Crippen LogP contribution in [0.3, 0.4) is 0 Å². The van der Waals surface area contributed by atoms with E-state index in [2.05, 4.69) is 4.98 Å². The van der Waals surface area contributed by atoms with Gasteiger partial charge in [-0.15, -0.1) is 0 Å². The number of carboxylic acid groups (broad SMARTS) is 1. The maximum atomic E-state index is 13.1. The molecule has 0 unspecified atom stereocenters. The minimum Gasteiger partial charge on any atom is -0.550 e. The largest absolute Gasteiger partial charge is 1.00 e. The van der Waals surface area contributed by atoms with Gasteiger partial charge >= 0.3 is 18.9 Å². The quantitative estimate of drug-likeness (QED) is 0.561. The summed E-state index contributed by atoms with van der Waals surface area (Å²) in [7, 11) is 1.58. The first-order valence-corrected chi connectivity index (χ1v) is 7.25. The van der Waals surface area contributed by atoms with Gasteiger partial charge in [-0.3, -0.25) is 0 Å². The number of carbonyl (C=O) groups is 1. The molecule has 0 radical (unpaired) electrons. The summed E-state index contributed by atoms with van der Waals surface area (Å²) < 4.78 is 19.9. The topological polar surface area (TPSA) is 67.2 Å². The molecule has 122 valence electrons. The van der Waals surface area contributed by atoms with Crippen LogP contribution in [-0.4, -0.2) is 22.6 Å². The van der Waals surface area contributed by atoms with Crippen molar-refractivity contribution in [1.29, 1.82) is 0 Å². The summed E-state index contributed by atoms with van der Waals surface area (Å²) >= 11 is 0. The fourth-order valence-electron chi connectivity index (χ4n) is 2.40. The molecular weight excluding hydrogens is 318 g/mol. The molecule has 5 nitrogen and oxygen atoms in total. The van der Waals surface area contributed by atoms with Crippen LogP contribution in [0.1, 0.15) is 5.82 Å². The molecule has 0 atom stereocenters. The number of halogens is 1. The molecule has 25 heavy (non-hydrogen) atoms. The Kier molecular flexibility index (Phi) is 6.02. The van der Waals surface area contributed by atoms with Crippen LogP contribution in [0.5, 0.6) is 5.75 Å². The average molecular weight is 332 g/mol. The predicted molar refractivity (Wildman–Crippen MR) is 84.2 cm³/mol. The van der Waals surface area contributed by atoms with E-state index in [0.717, 1.165) is 5.56 Å². The monoisotopic (exact) mass is 332 g/mol. The summed E-state index contributed by atoms with van der Waals surface area (Å²) in [6, 6.07) is 13.0. The Bertz CT molecular complexity index is 861. The molecule has 0 amide bonds. The van der Waals surface area contributed by atoms with Gasteiger partial charge in [0.1, 0.15) is 17.4 Å². The number of carbonyl (C=O) groups excluding carboxylic acids is 1. The molecular formula is C18H14FLiN2O3. The summed E-state index contributed by atoms with van der Waals surface area (Å²) in [5, 5.41) is 11.0. The van der Waals surface area contributed by atoms with Gasteiger partial charge in [-0.25, -0.2) is 9.37 Å². The first-order chi connectivity index (χ1) is 11.6. The van der Waals surface area contributed by atoms with Gasteiger partial charge in [-0.2, -0.15) is 0 Å². The van der Waals surface area contributed by atoms with Crippen LogP contribution in [0.25, 0.3) is 16.9 Å². The van der Waals surface area contributed by atoms with Crippen LogP contribution in [0.15, 0.2) is 54.7 Å². The molecule has 0 saturated carbocycles. The molecule has 0 aliphatic heterocycles. The Morgan fingerprint density at radius 1 is 1.16 bits per heavy atom. The van der Waals surface area contributed by atoms with E-state index in [1.807, 2.05) is 12.1 Å². The van der Waals surface area contributed by atoms with E-state index in [1.165, 1.54) is 12.1 Å². The summed E-state index contributed by atoms with van der Waals surface area (Å²) in [5.41, 5.74) is 2.05. The number of nitrogens with zero attached hydrogens (tertiary/aromatic N) is 2.